The van der Waals surface area contributed by atoms with E-state index >= 15 is 0 Å². The summed E-state index contributed by atoms with van der Waals surface area (Å²) in [5, 5.41) is 17.6. The van der Waals surface area contributed by atoms with Crippen LogP contribution in [0.5, 0.6) is 0 Å². The second-order valence-electron chi connectivity index (χ2n) is 7.44. The fourth-order valence-electron chi connectivity index (χ4n) is 4.17. The molecule has 4 rings (SSSR count). The van der Waals surface area contributed by atoms with Gasteiger partial charge in [0.25, 0.3) is 0 Å². The summed E-state index contributed by atoms with van der Waals surface area (Å²) >= 11 is 0. The maximum absolute atomic E-state index is 11.4. The molecule has 2 aromatic rings. The lowest BCUT2D eigenvalue weighted by Crippen LogP contribution is -2.21. The Balaban J connectivity index is 0.00000140. The number of benzene rings is 1. The van der Waals surface area contributed by atoms with Gasteiger partial charge in [-0.15, -0.1) is 24.8 Å². The number of hydrogen-bond donors (Lipinski definition) is 2. The lowest BCUT2D eigenvalue weighted by Gasteiger charge is -2.15. The second-order valence-corrected chi connectivity index (χ2v) is 7.44. The largest absolute Gasteiger partial charge is 0.478 e. The number of nitrogens with one attached hydrogen (secondary N) is 1. The molecule has 1 unspecified atom stereocenters. The number of halogens is 2. The number of likely N-dealkylation sites (tertiary alicyclic amines) is 1. The molecule has 2 aliphatic heterocycles. The third-order valence-corrected chi connectivity index (χ3v) is 5.46. The molecule has 1 fully saturated rings. The molecule has 0 saturated carbocycles. The molecule has 0 aliphatic carbocycles. The predicted molar refractivity (Wildman–Crippen MR) is 114 cm³/mol. The minimum absolute atomic E-state index is 0. The number of nitrogens with zero attached hydrogens (tertiary/aromatic N) is 3. The highest BCUT2D eigenvalue weighted by molar-refractivity contribution is 5.89. The first kappa shape index (κ1) is 22.7. The number of rotatable bonds is 5. The Labute approximate surface area is 178 Å². The second kappa shape index (κ2) is 10.3. The monoisotopic (exact) mass is 426 g/mol. The molecule has 0 radical (unpaired) electrons. The summed E-state index contributed by atoms with van der Waals surface area (Å²) in [6.45, 7) is 5.91. The topological polar surface area (TPSA) is 70.4 Å². The molecule has 154 valence electrons. The van der Waals surface area contributed by atoms with Crippen LogP contribution in [0, 0.1) is 5.92 Å². The Morgan fingerprint density at radius 3 is 2.89 bits per heavy atom. The highest BCUT2D eigenvalue weighted by Gasteiger charge is 2.25. The van der Waals surface area contributed by atoms with Crippen LogP contribution >= 0.6 is 24.8 Å². The first-order chi connectivity index (χ1) is 12.7. The molecule has 1 atom stereocenters. The van der Waals surface area contributed by atoms with Crippen molar-refractivity contribution >= 4 is 30.8 Å². The van der Waals surface area contributed by atoms with E-state index in [0.29, 0.717) is 11.5 Å². The summed E-state index contributed by atoms with van der Waals surface area (Å²) in [5.41, 5.74) is 3.82. The van der Waals surface area contributed by atoms with Crippen LogP contribution in [0.3, 0.4) is 0 Å². The number of fused-ring (bicyclic) bond motifs is 1. The van der Waals surface area contributed by atoms with Gasteiger partial charge in [-0.05, 0) is 56.0 Å². The van der Waals surface area contributed by atoms with Crippen molar-refractivity contribution in [2.45, 2.75) is 38.9 Å². The van der Waals surface area contributed by atoms with Gasteiger partial charge in [-0.2, -0.15) is 5.10 Å². The van der Waals surface area contributed by atoms with Crippen LogP contribution in [0.4, 0.5) is 0 Å². The lowest BCUT2D eigenvalue weighted by molar-refractivity contribution is 0.0695. The van der Waals surface area contributed by atoms with Gasteiger partial charge in [0.15, 0.2) is 0 Å². The van der Waals surface area contributed by atoms with Gasteiger partial charge in [0, 0.05) is 26.2 Å². The van der Waals surface area contributed by atoms with Gasteiger partial charge in [0.2, 0.25) is 0 Å². The zero-order chi connectivity index (χ0) is 17.9. The Morgan fingerprint density at radius 2 is 2.07 bits per heavy atom. The summed E-state index contributed by atoms with van der Waals surface area (Å²) < 4.78 is 2.14. The van der Waals surface area contributed by atoms with Crippen LogP contribution in [-0.4, -0.2) is 45.4 Å². The number of aromatic carboxylic acids is 1. The lowest BCUT2D eigenvalue weighted by atomic mass is 9.95. The van der Waals surface area contributed by atoms with Gasteiger partial charge in [0.05, 0.1) is 17.0 Å². The molecule has 1 aromatic heterocycles. The summed E-state index contributed by atoms with van der Waals surface area (Å²) in [6, 6.07) is 9.61. The van der Waals surface area contributed by atoms with Crippen LogP contribution in [-0.2, 0) is 26.1 Å². The Hall–Kier alpha value is -1.60. The first-order valence-electron chi connectivity index (χ1n) is 9.49. The average Bonchev–Trinajstić information content (AvgIpc) is 3.16. The number of aryl methyl sites for hydroxylation is 1. The minimum Gasteiger partial charge on any atom is -0.478 e. The smallest absolute Gasteiger partial charge is 0.335 e. The van der Waals surface area contributed by atoms with Crippen LogP contribution in [0.25, 0.3) is 0 Å². The highest BCUT2D eigenvalue weighted by Crippen LogP contribution is 2.24. The molecule has 1 aromatic carbocycles. The van der Waals surface area contributed by atoms with E-state index in [-0.39, 0.29) is 24.8 Å². The van der Waals surface area contributed by atoms with Gasteiger partial charge in [0.1, 0.15) is 0 Å². The van der Waals surface area contributed by atoms with Crippen molar-refractivity contribution < 1.29 is 9.90 Å². The highest BCUT2D eigenvalue weighted by atomic mass is 35.5. The molecule has 0 bridgehead atoms. The fraction of sp³-hybridized carbons (Fsp3) is 0.500. The SMILES string of the molecule is Cl.Cl.O=C(O)c1ccccc1CC1CCN(Cc2cc3n(n2)CCCNC3)C1. The van der Waals surface area contributed by atoms with E-state index in [4.69, 9.17) is 5.10 Å². The maximum Gasteiger partial charge on any atom is 0.335 e. The van der Waals surface area contributed by atoms with Gasteiger partial charge >= 0.3 is 5.97 Å². The van der Waals surface area contributed by atoms with Crippen molar-refractivity contribution in [1.29, 1.82) is 0 Å². The van der Waals surface area contributed by atoms with E-state index in [2.05, 4.69) is 21.0 Å². The Morgan fingerprint density at radius 1 is 1.25 bits per heavy atom. The van der Waals surface area contributed by atoms with Crippen molar-refractivity contribution in [2.24, 2.45) is 5.92 Å². The van der Waals surface area contributed by atoms with Gasteiger partial charge in [-0.25, -0.2) is 4.79 Å². The molecule has 6 nitrogen and oxygen atoms in total. The number of carbonyl (C=O) groups is 1. The molecule has 3 heterocycles. The molecule has 28 heavy (non-hydrogen) atoms. The van der Waals surface area contributed by atoms with Gasteiger partial charge < -0.3 is 10.4 Å². The van der Waals surface area contributed by atoms with Crippen LogP contribution in [0.1, 0.15) is 40.2 Å². The Kier molecular flexibility index (Phi) is 8.31. The molecule has 8 heteroatoms. The molecule has 0 amide bonds. The molecular formula is C20H28Cl2N4O2. The molecular weight excluding hydrogens is 399 g/mol. The van der Waals surface area contributed by atoms with Gasteiger partial charge in [-0.3, -0.25) is 9.58 Å². The van der Waals surface area contributed by atoms with Crippen molar-refractivity contribution in [3.8, 4) is 0 Å². The van der Waals surface area contributed by atoms with Crippen molar-refractivity contribution in [2.75, 3.05) is 19.6 Å². The summed E-state index contributed by atoms with van der Waals surface area (Å²) in [5.74, 6) is -0.318. The average molecular weight is 427 g/mol. The van der Waals surface area contributed by atoms with E-state index in [9.17, 15) is 9.90 Å². The number of carboxylic acids is 1. The van der Waals surface area contributed by atoms with Crippen LogP contribution < -0.4 is 5.32 Å². The van der Waals surface area contributed by atoms with Gasteiger partial charge in [-0.1, -0.05) is 18.2 Å². The van der Waals surface area contributed by atoms with E-state index in [1.165, 1.54) is 5.69 Å². The standard InChI is InChI=1S/C20H26N4O2.2ClH/c25-20(26)19-5-2-1-4-16(19)10-15-6-9-23(13-15)14-17-11-18-12-21-7-3-8-24(18)22-17;;/h1-2,4-5,11,15,21H,3,6-10,12-14H2,(H,25,26);2*1H. The third kappa shape index (κ3) is 5.26. The number of aromatic nitrogens is 2. The van der Waals surface area contributed by atoms with E-state index < -0.39 is 5.97 Å². The zero-order valence-corrected chi connectivity index (χ0v) is 17.5. The summed E-state index contributed by atoms with van der Waals surface area (Å²) in [7, 11) is 0. The van der Waals surface area contributed by atoms with E-state index in [1.54, 1.807) is 12.1 Å². The minimum atomic E-state index is -0.830. The van der Waals surface area contributed by atoms with Crippen LogP contribution in [0.2, 0.25) is 0 Å². The third-order valence-electron chi connectivity index (χ3n) is 5.46. The number of carboxylic acid groups (broad SMARTS) is 1. The Bertz CT molecular complexity index is 773. The maximum atomic E-state index is 11.4. The number of hydrogen-bond acceptors (Lipinski definition) is 4. The van der Waals surface area contributed by atoms with E-state index in [1.807, 2.05) is 12.1 Å². The zero-order valence-electron chi connectivity index (χ0n) is 15.8. The van der Waals surface area contributed by atoms with Crippen molar-refractivity contribution in [3.63, 3.8) is 0 Å². The molecule has 1 saturated heterocycles. The molecule has 0 spiro atoms. The quantitative estimate of drug-likeness (QED) is 0.768. The molecule has 2 aliphatic rings. The van der Waals surface area contributed by atoms with Crippen molar-refractivity contribution in [1.82, 2.24) is 20.0 Å². The summed E-state index contributed by atoms with van der Waals surface area (Å²) in [4.78, 5) is 13.8. The normalized spacial score (nSPS) is 19.2. The van der Waals surface area contributed by atoms with Crippen LogP contribution in [0.15, 0.2) is 30.3 Å². The molecule has 2 N–H and O–H groups in total. The predicted octanol–water partition coefficient (Wildman–Crippen LogP) is 2.98. The summed E-state index contributed by atoms with van der Waals surface area (Å²) in [6.07, 6.45) is 3.08. The first-order valence-corrected chi connectivity index (χ1v) is 9.49. The van der Waals surface area contributed by atoms with E-state index in [0.717, 1.165) is 69.8 Å². The fourth-order valence-corrected chi connectivity index (χ4v) is 4.17. The van der Waals surface area contributed by atoms with Crippen molar-refractivity contribution in [3.05, 3.63) is 52.8 Å².